The third-order valence-corrected chi connectivity index (χ3v) is 7.61. The van der Waals surface area contributed by atoms with Crippen LogP contribution in [-0.4, -0.2) is 46.0 Å². The molecule has 2 aliphatic heterocycles. The van der Waals surface area contributed by atoms with Crippen LogP contribution in [0.4, 0.5) is 17.3 Å². The van der Waals surface area contributed by atoms with E-state index < -0.39 is 5.92 Å². The van der Waals surface area contributed by atoms with Gasteiger partial charge in [-0.15, -0.1) is 16.4 Å². The van der Waals surface area contributed by atoms with Gasteiger partial charge in [-0.2, -0.15) is 4.98 Å². The van der Waals surface area contributed by atoms with Gasteiger partial charge >= 0.3 is 0 Å². The molecule has 1 unspecified atom stereocenters. The van der Waals surface area contributed by atoms with Crippen LogP contribution in [0, 0.1) is 12.8 Å². The highest BCUT2D eigenvalue weighted by Gasteiger charge is 2.35. The molecule has 1 atom stereocenters. The molecule has 9 heteroatoms. The minimum Gasteiger partial charge on any atom is -0.372 e. The van der Waals surface area contributed by atoms with Crippen molar-refractivity contribution in [1.29, 1.82) is 0 Å². The second kappa shape index (κ2) is 8.81. The number of nitrogens with zero attached hydrogens (tertiary/aromatic N) is 5. The highest BCUT2D eigenvalue weighted by Crippen LogP contribution is 2.30. The molecule has 0 aliphatic carbocycles. The van der Waals surface area contributed by atoms with Gasteiger partial charge in [-0.3, -0.25) is 14.9 Å². The lowest BCUT2D eigenvalue weighted by molar-refractivity contribution is -0.122. The number of carbonyl (C=O) groups is 2. The number of aromatic nitrogens is 3. The van der Waals surface area contributed by atoms with Crippen LogP contribution in [0.1, 0.15) is 24.8 Å². The molecule has 2 amide bonds. The molecule has 2 aromatic carbocycles. The predicted molar refractivity (Wildman–Crippen MR) is 138 cm³/mol. The summed E-state index contributed by atoms with van der Waals surface area (Å²) < 4.78 is 1.75. The first-order valence-corrected chi connectivity index (χ1v) is 12.8. The van der Waals surface area contributed by atoms with Crippen LogP contribution in [0.15, 0.2) is 53.9 Å². The third-order valence-electron chi connectivity index (χ3n) is 6.79. The zero-order chi connectivity index (χ0) is 23.9. The Hall–Kier alpha value is -3.72. The number of carbonyl (C=O) groups excluding carboxylic acids is 2. The Balaban J connectivity index is 1.14. The highest BCUT2D eigenvalue weighted by atomic mass is 32.1. The first-order valence-electron chi connectivity index (χ1n) is 11.9. The van der Waals surface area contributed by atoms with Crippen molar-refractivity contribution < 1.29 is 9.59 Å². The predicted octanol–water partition coefficient (Wildman–Crippen LogP) is 4.36. The summed E-state index contributed by atoms with van der Waals surface area (Å²) in [5, 5.41) is 9.34. The fourth-order valence-electron chi connectivity index (χ4n) is 4.82. The monoisotopic (exact) mass is 486 g/mol. The Labute approximate surface area is 207 Å². The van der Waals surface area contributed by atoms with Crippen LogP contribution in [0.5, 0.6) is 0 Å². The number of aryl methyl sites for hydroxylation is 1. The Morgan fingerprint density at radius 2 is 1.74 bits per heavy atom. The van der Waals surface area contributed by atoms with Gasteiger partial charge in [0.15, 0.2) is 0 Å². The highest BCUT2D eigenvalue weighted by molar-refractivity contribution is 7.15. The quantitative estimate of drug-likeness (QED) is 0.453. The minimum absolute atomic E-state index is 0.0421. The van der Waals surface area contributed by atoms with Crippen molar-refractivity contribution in [2.75, 3.05) is 34.8 Å². The molecule has 178 valence electrons. The molecule has 0 bridgehead atoms. The lowest BCUT2D eigenvalue weighted by atomic mass is 10.1. The molecule has 2 fully saturated rings. The zero-order valence-electron chi connectivity index (χ0n) is 19.5. The molecule has 0 radical (unpaired) electrons. The largest absolute Gasteiger partial charge is 0.372 e. The van der Waals surface area contributed by atoms with E-state index in [1.807, 2.05) is 29.6 Å². The smallest absolute Gasteiger partial charge is 0.250 e. The average Bonchev–Trinajstić information content (AvgIpc) is 3.65. The zero-order valence-corrected chi connectivity index (χ0v) is 20.3. The molecule has 2 aliphatic rings. The standard InChI is InChI=1S/C26H26N6O2S/c1-17-4-6-18(7-5-17)22-16-35-26-28-25(29-32(22)26)27-24(34)19-14-23(33)31(15-19)21-10-8-20(9-11-21)30-12-2-3-13-30/h4-11,16,19H,2-3,12-15H2,1H3,(H,27,29,34). The minimum atomic E-state index is -0.445. The first kappa shape index (κ1) is 21.8. The Morgan fingerprint density at radius 1 is 1.03 bits per heavy atom. The van der Waals surface area contributed by atoms with E-state index in [1.54, 1.807) is 9.42 Å². The van der Waals surface area contributed by atoms with Gasteiger partial charge < -0.3 is 9.80 Å². The normalized spacial score (nSPS) is 18.1. The molecule has 1 N–H and O–H groups in total. The van der Waals surface area contributed by atoms with E-state index in [0.29, 0.717) is 11.5 Å². The summed E-state index contributed by atoms with van der Waals surface area (Å²) in [6.07, 6.45) is 2.62. The number of nitrogens with one attached hydrogen (secondary N) is 1. The van der Waals surface area contributed by atoms with Gasteiger partial charge in [0.1, 0.15) is 0 Å². The summed E-state index contributed by atoms with van der Waals surface area (Å²) in [5.74, 6) is -0.459. The van der Waals surface area contributed by atoms with Crippen LogP contribution in [0.2, 0.25) is 0 Å². The molecular weight excluding hydrogens is 460 g/mol. The van der Waals surface area contributed by atoms with Crippen LogP contribution in [-0.2, 0) is 9.59 Å². The summed E-state index contributed by atoms with van der Waals surface area (Å²) in [6, 6.07) is 16.3. The Bertz CT molecular complexity index is 1390. The molecule has 2 aromatic heterocycles. The fraction of sp³-hybridized carbons (Fsp3) is 0.308. The summed E-state index contributed by atoms with van der Waals surface area (Å²) in [6.45, 7) is 4.56. The topological polar surface area (TPSA) is 82.8 Å². The maximum absolute atomic E-state index is 13.0. The van der Waals surface area contributed by atoms with E-state index in [-0.39, 0.29) is 24.2 Å². The van der Waals surface area contributed by atoms with E-state index in [1.165, 1.54) is 35.4 Å². The molecule has 4 aromatic rings. The maximum atomic E-state index is 13.0. The van der Waals surface area contributed by atoms with Gasteiger partial charge in [0.2, 0.25) is 22.7 Å². The van der Waals surface area contributed by atoms with Crippen LogP contribution >= 0.6 is 11.3 Å². The van der Waals surface area contributed by atoms with Gasteiger partial charge in [0, 0.05) is 48.4 Å². The summed E-state index contributed by atoms with van der Waals surface area (Å²) in [7, 11) is 0. The van der Waals surface area contributed by atoms with Crippen molar-refractivity contribution in [3.05, 3.63) is 59.5 Å². The van der Waals surface area contributed by atoms with Crippen molar-refractivity contribution in [2.24, 2.45) is 5.92 Å². The number of fused-ring (bicyclic) bond motifs is 1. The van der Waals surface area contributed by atoms with Gasteiger partial charge in [0.05, 0.1) is 11.6 Å². The molecule has 0 saturated carbocycles. The molecular formula is C26H26N6O2S. The number of rotatable bonds is 5. The number of benzene rings is 2. The van der Waals surface area contributed by atoms with E-state index in [4.69, 9.17) is 0 Å². The second-order valence-corrected chi connectivity index (χ2v) is 10.1. The van der Waals surface area contributed by atoms with Crippen molar-refractivity contribution in [2.45, 2.75) is 26.2 Å². The lowest BCUT2D eigenvalue weighted by Gasteiger charge is -2.20. The van der Waals surface area contributed by atoms with Crippen LogP contribution in [0.3, 0.4) is 0 Å². The van der Waals surface area contributed by atoms with Gasteiger partial charge in [-0.05, 0) is 44.0 Å². The maximum Gasteiger partial charge on any atom is 0.250 e. The SMILES string of the molecule is Cc1ccc(-c2csc3nc(NC(=O)C4CC(=O)N(c5ccc(N6CCCC6)cc5)C4)nn23)cc1. The second-order valence-electron chi connectivity index (χ2n) is 9.22. The Kier molecular flexibility index (Phi) is 5.49. The van der Waals surface area contributed by atoms with Crippen LogP contribution in [0.25, 0.3) is 16.2 Å². The number of amides is 2. The van der Waals surface area contributed by atoms with Gasteiger partial charge in [0.25, 0.3) is 0 Å². The Morgan fingerprint density at radius 3 is 2.49 bits per heavy atom. The molecule has 2 saturated heterocycles. The van der Waals surface area contributed by atoms with Crippen LogP contribution < -0.4 is 15.1 Å². The van der Waals surface area contributed by atoms with E-state index in [2.05, 4.69) is 51.5 Å². The fourth-order valence-corrected chi connectivity index (χ4v) is 5.65. The lowest BCUT2D eigenvalue weighted by Crippen LogP contribution is -2.28. The van der Waals surface area contributed by atoms with Crippen molar-refractivity contribution >= 4 is 45.4 Å². The van der Waals surface area contributed by atoms with Gasteiger partial charge in [-0.1, -0.05) is 29.8 Å². The van der Waals surface area contributed by atoms with Crippen molar-refractivity contribution in [3.63, 3.8) is 0 Å². The number of hydrogen-bond donors (Lipinski definition) is 1. The van der Waals surface area contributed by atoms with E-state index in [9.17, 15) is 9.59 Å². The summed E-state index contributed by atoms with van der Waals surface area (Å²) in [5.41, 5.74) is 5.17. The summed E-state index contributed by atoms with van der Waals surface area (Å²) >= 11 is 1.47. The van der Waals surface area contributed by atoms with Crippen molar-refractivity contribution in [3.8, 4) is 11.3 Å². The third kappa shape index (κ3) is 4.16. The van der Waals surface area contributed by atoms with Gasteiger partial charge in [-0.25, -0.2) is 4.52 Å². The number of thiazole rings is 1. The number of anilines is 3. The molecule has 8 nitrogen and oxygen atoms in total. The average molecular weight is 487 g/mol. The molecule has 4 heterocycles. The molecule has 35 heavy (non-hydrogen) atoms. The summed E-state index contributed by atoms with van der Waals surface area (Å²) in [4.78, 5) is 34.9. The number of hydrogen-bond acceptors (Lipinski definition) is 6. The van der Waals surface area contributed by atoms with Crippen molar-refractivity contribution in [1.82, 2.24) is 14.6 Å². The first-order chi connectivity index (χ1) is 17.0. The van der Waals surface area contributed by atoms with E-state index in [0.717, 1.165) is 30.0 Å². The van der Waals surface area contributed by atoms with E-state index >= 15 is 0 Å². The molecule has 0 spiro atoms. The molecule has 6 rings (SSSR count).